The molecule has 160 valence electrons. The van der Waals surface area contributed by atoms with Crippen LogP contribution in [-0.2, 0) is 15.5 Å². The van der Waals surface area contributed by atoms with E-state index in [-0.39, 0.29) is 0 Å². The number of alkyl halides is 3. The van der Waals surface area contributed by atoms with Crippen LogP contribution in [0.15, 0.2) is 42.5 Å². The van der Waals surface area contributed by atoms with Crippen molar-refractivity contribution in [1.29, 1.82) is 0 Å². The number of anilines is 2. The third-order valence-corrected chi connectivity index (χ3v) is 5.25. The van der Waals surface area contributed by atoms with Gasteiger partial charge in [-0.3, -0.25) is 0 Å². The predicted octanol–water partition coefficient (Wildman–Crippen LogP) is 4.79. The Labute approximate surface area is 171 Å². The molecule has 1 aliphatic rings. The molecule has 0 radical (unpaired) electrons. The van der Waals surface area contributed by atoms with E-state index in [0.717, 1.165) is 17.6 Å². The van der Waals surface area contributed by atoms with Crippen molar-refractivity contribution in [1.82, 2.24) is 0 Å². The molecule has 0 spiro atoms. The van der Waals surface area contributed by atoms with Gasteiger partial charge in [-0.05, 0) is 57.4 Å². The zero-order valence-electron chi connectivity index (χ0n) is 16.9. The molecule has 2 aromatic carbocycles. The molecule has 5 nitrogen and oxygen atoms in total. The molecule has 2 amide bonds. The van der Waals surface area contributed by atoms with E-state index in [1.165, 1.54) is 0 Å². The summed E-state index contributed by atoms with van der Waals surface area (Å²) in [5.74, 6) is -1.55. The molecular formula is C20H21BF4N2O3. The SMILES string of the molecule is CC1(C)OB(c2ccc(NC(=O)Nc3cccc(C(F)(F)F)c3F)cc2)OC1(C)C. The molecule has 0 unspecified atom stereocenters. The fourth-order valence-corrected chi connectivity index (χ4v) is 2.83. The molecule has 1 fully saturated rings. The Morgan fingerprint density at radius 2 is 1.50 bits per heavy atom. The number of urea groups is 1. The van der Waals surface area contributed by atoms with Crippen molar-refractivity contribution in [3.63, 3.8) is 0 Å². The van der Waals surface area contributed by atoms with Crippen molar-refractivity contribution in [2.75, 3.05) is 10.6 Å². The fraction of sp³-hybridized carbons (Fsp3) is 0.350. The quantitative estimate of drug-likeness (QED) is 0.551. The van der Waals surface area contributed by atoms with Gasteiger partial charge in [-0.1, -0.05) is 18.2 Å². The first-order chi connectivity index (χ1) is 13.8. The summed E-state index contributed by atoms with van der Waals surface area (Å²) in [7, 11) is -0.572. The maximum atomic E-state index is 14.0. The van der Waals surface area contributed by atoms with Crippen LogP contribution in [0, 0.1) is 5.82 Å². The van der Waals surface area contributed by atoms with Gasteiger partial charge in [0.15, 0.2) is 5.82 Å². The van der Waals surface area contributed by atoms with Crippen LogP contribution < -0.4 is 16.1 Å². The topological polar surface area (TPSA) is 59.6 Å². The average molecular weight is 424 g/mol. The van der Waals surface area contributed by atoms with E-state index in [0.29, 0.717) is 11.8 Å². The number of carbonyl (C=O) groups excluding carboxylic acids is 1. The van der Waals surface area contributed by atoms with Gasteiger partial charge >= 0.3 is 19.3 Å². The number of halogens is 4. The highest BCUT2D eigenvalue weighted by Crippen LogP contribution is 2.36. The molecule has 1 saturated heterocycles. The van der Waals surface area contributed by atoms with Crippen LogP contribution in [0.1, 0.15) is 33.3 Å². The van der Waals surface area contributed by atoms with Crippen molar-refractivity contribution in [3.8, 4) is 0 Å². The Bertz CT molecular complexity index is 930. The van der Waals surface area contributed by atoms with Crippen molar-refractivity contribution in [2.45, 2.75) is 45.1 Å². The number of rotatable bonds is 3. The zero-order valence-corrected chi connectivity index (χ0v) is 16.9. The molecule has 0 atom stereocenters. The van der Waals surface area contributed by atoms with Crippen molar-refractivity contribution >= 4 is 30.0 Å². The Hall–Kier alpha value is -2.59. The second-order valence-corrected chi connectivity index (χ2v) is 7.95. The average Bonchev–Trinajstić information content (AvgIpc) is 2.84. The van der Waals surface area contributed by atoms with Gasteiger partial charge < -0.3 is 19.9 Å². The van der Waals surface area contributed by atoms with Crippen molar-refractivity contribution in [2.24, 2.45) is 0 Å². The number of benzene rings is 2. The summed E-state index contributed by atoms with van der Waals surface area (Å²) in [6.07, 6.45) is -4.86. The van der Waals surface area contributed by atoms with E-state index >= 15 is 0 Å². The molecule has 2 aromatic rings. The van der Waals surface area contributed by atoms with Crippen molar-refractivity contribution < 1.29 is 31.7 Å². The second kappa shape index (κ2) is 7.59. The van der Waals surface area contributed by atoms with E-state index in [4.69, 9.17) is 9.31 Å². The lowest BCUT2D eigenvalue weighted by molar-refractivity contribution is -0.139. The molecule has 0 aromatic heterocycles. The van der Waals surface area contributed by atoms with Crippen LogP contribution in [0.3, 0.4) is 0 Å². The largest absolute Gasteiger partial charge is 0.494 e. The van der Waals surface area contributed by atoms with Gasteiger partial charge in [-0.25, -0.2) is 9.18 Å². The summed E-state index contributed by atoms with van der Waals surface area (Å²) in [6, 6.07) is 8.35. The van der Waals surface area contributed by atoms with Crippen molar-refractivity contribution in [3.05, 3.63) is 53.8 Å². The third kappa shape index (κ3) is 4.44. The molecule has 10 heteroatoms. The minimum Gasteiger partial charge on any atom is -0.399 e. The van der Waals surface area contributed by atoms with E-state index in [9.17, 15) is 22.4 Å². The Balaban J connectivity index is 1.66. The fourth-order valence-electron chi connectivity index (χ4n) is 2.83. The number of hydrogen-bond donors (Lipinski definition) is 2. The monoisotopic (exact) mass is 424 g/mol. The number of nitrogens with one attached hydrogen (secondary N) is 2. The van der Waals surface area contributed by atoms with Gasteiger partial charge in [0.1, 0.15) is 0 Å². The van der Waals surface area contributed by atoms with Gasteiger partial charge in [-0.2, -0.15) is 13.2 Å². The molecule has 1 heterocycles. The van der Waals surface area contributed by atoms with Gasteiger partial charge in [0, 0.05) is 5.69 Å². The van der Waals surface area contributed by atoms with E-state index < -0.39 is 47.6 Å². The van der Waals surface area contributed by atoms with Crippen LogP contribution in [0.2, 0.25) is 0 Å². The van der Waals surface area contributed by atoms with Crippen LogP contribution in [-0.4, -0.2) is 24.4 Å². The zero-order chi connectivity index (χ0) is 22.3. The summed E-state index contributed by atoms with van der Waals surface area (Å²) >= 11 is 0. The summed E-state index contributed by atoms with van der Waals surface area (Å²) in [5.41, 5.74) is -1.92. The summed E-state index contributed by atoms with van der Waals surface area (Å²) < 4.78 is 64.3. The maximum absolute atomic E-state index is 14.0. The molecule has 3 rings (SSSR count). The molecule has 30 heavy (non-hydrogen) atoms. The van der Waals surface area contributed by atoms with E-state index in [1.54, 1.807) is 24.3 Å². The molecule has 0 bridgehead atoms. The van der Waals surface area contributed by atoms with E-state index in [1.807, 2.05) is 27.7 Å². The smallest absolute Gasteiger partial charge is 0.399 e. The molecule has 0 aliphatic carbocycles. The highest BCUT2D eigenvalue weighted by atomic mass is 19.4. The maximum Gasteiger partial charge on any atom is 0.494 e. The Kier molecular flexibility index (Phi) is 5.59. The van der Waals surface area contributed by atoms with Gasteiger partial charge in [0.2, 0.25) is 0 Å². The molecule has 1 aliphatic heterocycles. The molecular weight excluding hydrogens is 403 g/mol. The summed E-state index contributed by atoms with van der Waals surface area (Å²) in [6.45, 7) is 7.72. The highest BCUT2D eigenvalue weighted by Gasteiger charge is 2.51. The number of hydrogen-bond acceptors (Lipinski definition) is 3. The molecule has 2 N–H and O–H groups in total. The predicted molar refractivity (Wildman–Crippen MR) is 106 cm³/mol. The Morgan fingerprint density at radius 3 is 2.03 bits per heavy atom. The minimum absolute atomic E-state index is 0.361. The highest BCUT2D eigenvalue weighted by molar-refractivity contribution is 6.62. The lowest BCUT2D eigenvalue weighted by Gasteiger charge is -2.32. The molecule has 0 saturated carbocycles. The van der Waals surface area contributed by atoms with Crippen LogP contribution in [0.4, 0.5) is 33.7 Å². The first-order valence-electron chi connectivity index (χ1n) is 9.19. The van der Waals surface area contributed by atoms with Crippen LogP contribution in [0.5, 0.6) is 0 Å². The van der Waals surface area contributed by atoms with E-state index in [2.05, 4.69) is 10.6 Å². The minimum atomic E-state index is -4.86. The van der Waals surface area contributed by atoms with Gasteiger partial charge in [-0.15, -0.1) is 0 Å². The Morgan fingerprint density at radius 1 is 0.933 bits per heavy atom. The standard InChI is InChI=1S/C20H21BF4N2O3/c1-18(2)19(3,4)30-21(29-18)12-8-10-13(11-9-12)26-17(28)27-15-7-5-6-14(16(15)22)20(23,24)25/h5-11H,1-4H3,(H2,26,27,28). The number of carbonyl (C=O) groups is 1. The normalized spacial score (nSPS) is 17.7. The number of amides is 2. The lowest BCUT2D eigenvalue weighted by atomic mass is 9.79. The first kappa shape index (κ1) is 22.1. The summed E-state index contributed by atoms with van der Waals surface area (Å²) in [4.78, 5) is 12.1. The lowest BCUT2D eigenvalue weighted by Crippen LogP contribution is -2.41. The first-order valence-corrected chi connectivity index (χ1v) is 9.19. The second-order valence-electron chi connectivity index (χ2n) is 7.95. The van der Waals surface area contributed by atoms with Gasteiger partial charge in [0.25, 0.3) is 0 Å². The van der Waals surface area contributed by atoms with Crippen LogP contribution in [0.25, 0.3) is 0 Å². The third-order valence-electron chi connectivity index (χ3n) is 5.25. The summed E-state index contributed by atoms with van der Waals surface area (Å²) in [5, 5.41) is 4.53. The van der Waals surface area contributed by atoms with Gasteiger partial charge in [0.05, 0.1) is 22.5 Å². The van der Waals surface area contributed by atoms with Crippen LogP contribution >= 0.6 is 0 Å².